The number of nitro groups is 1. The number of aliphatic hydroxyl groups is 1. The van der Waals surface area contributed by atoms with Gasteiger partial charge in [-0.15, -0.1) is 0 Å². The second-order valence-electron chi connectivity index (χ2n) is 8.03. The van der Waals surface area contributed by atoms with Crippen molar-refractivity contribution >= 4 is 17.3 Å². The van der Waals surface area contributed by atoms with Gasteiger partial charge in [-0.1, -0.05) is 12.1 Å². The predicted octanol–water partition coefficient (Wildman–Crippen LogP) is 2.97. The second kappa shape index (κ2) is 8.91. The summed E-state index contributed by atoms with van der Waals surface area (Å²) in [6.45, 7) is 5.29. The molecule has 0 unspecified atom stereocenters. The lowest BCUT2D eigenvalue weighted by atomic mass is 9.86. The molecule has 0 radical (unpaired) electrons. The molecule has 0 aromatic heterocycles. The average Bonchev–Trinajstić information content (AvgIpc) is 2.70. The third-order valence-electron chi connectivity index (χ3n) is 5.31. The molecule has 2 atom stereocenters. The number of rotatable bonds is 7. The van der Waals surface area contributed by atoms with Gasteiger partial charge in [-0.3, -0.25) is 14.9 Å². The van der Waals surface area contributed by atoms with Crippen molar-refractivity contribution in [2.24, 2.45) is 0 Å². The Morgan fingerprint density at radius 3 is 2.55 bits per heavy atom. The number of nitrogens with zero attached hydrogens (tertiary/aromatic N) is 1. The van der Waals surface area contributed by atoms with Crippen LogP contribution >= 0.6 is 0 Å². The number of hydrogen-bond acceptors (Lipinski definition) is 7. The number of hydrogen-bond donors (Lipinski definition) is 3. The summed E-state index contributed by atoms with van der Waals surface area (Å²) in [7, 11) is 1.61. The Morgan fingerprint density at radius 1 is 1.29 bits per heavy atom. The van der Waals surface area contributed by atoms with Crippen LogP contribution in [0, 0.1) is 10.1 Å². The Labute approximate surface area is 180 Å². The van der Waals surface area contributed by atoms with Crippen molar-refractivity contribution in [1.29, 1.82) is 0 Å². The number of amides is 1. The maximum Gasteiger partial charge on any atom is 0.296 e. The Hall–Kier alpha value is -3.17. The zero-order chi connectivity index (χ0) is 22.8. The van der Waals surface area contributed by atoms with Crippen LogP contribution < -0.4 is 20.1 Å². The summed E-state index contributed by atoms with van der Waals surface area (Å²) >= 11 is 0. The van der Waals surface area contributed by atoms with E-state index in [-0.39, 0.29) is 11.4 Å². The zero-order valence-electron chi connectivity index (χ0n) is 18.0. The fourth-order valence-corrected chi connectivity index (χ4v) is 3.66. The first-order valence-electron chi connectivity index (χ1n) is 9.95. The van der Waals surface area contributed by atoms with Crippen LogP contribution in [0.15, 0.2) is 36.4 Å². The fraction of sp³-hybridized carbons (Fsp3) is 0.409. The molecule has 1 aliphatic rings. The minimum absolute atomic E-state index is 0.0636. The van der Waals surface area contributed by atoms with E-state index in [4.69, 9.17) is 9.47 Å². The third kappa shape index (κ3) is 4.95. The predicted molar refractivity (Wildman–Crippen MR) is 116 cm³/mol. The lowest BCUT2D eigenvalue weighted by Crippen LogP contribution is -2.52. The van der Waals surface area contributed by atoms with E-state index in [1.165, 1.54) is 19.1 Å². The smallest absolute Gasteiger partial charge is 0.296 e. The molecule has 1 amide bonds. The van der Waals surface area contributed by atoms with Crippen LogP contribution in [0.3, 0.4) is 0 Å². The van der Waals surface area contributed by atoms with Gasteiger partial charge >= 0.3 is 0 Å². The number of nitrogens with one attached hydrogen (secondary N) is 2. The largest absolute Gasteiger partial charge is 0.497 e. The van der Waals surface area contributed by atoms with Gasteiger partial charge in [0.15, 0.2) is 0 Å². The zero-order valence-corrected chi connectivity index (χ0v) is 18.0. The maximum absolute atomic E-state index is 11.5. The van der Waals surface area contributed by atoms with Gasteiger partial charge in [-0.2, -0.15) is 0 Å². The number of anilines is 1. The van der Waals surface area contributed by atoms with E-state index in [1.54, 1.807) is 21.0 Å². The number of fused-ring (bicyclic) bond motifs is 1. The number of benzene rings is 2. The van der Waals surface area contributed by atoms with Gasteiger partial charge in [-0.25, -0.2) is 0 Å². The van der Waals surface area contributed by atoms with Crippen LogP contribution in [0.5, 0.6) is 11.5 Å². The summed E-state index contributed by atoms with van der Waals surface area (Å²) < 4.78 is 11.1. The van der Waals surface area contributed by atoms with E-state index in [2.05, 4.69) is 10.6 Å². The second-order valence-corrected chi connectivity index (χ2v) is 8.03. The molecule has 0 spiro atoms. The molecule has 9 nitrogen and oxygen atoms in total. The first-order valence-corrected chi connectivity index (χ1v) is 9.95. The van der Waals surface area contributed by atoms with Crippen molar-refractivity contribution in [3.05, 3.63) is 57.6 Å². The normalized spacial score (nSPS) is 19.1. The Kier molecular flexibility index (Phi) is 6.47. The average molecular weight is 429 g/mol. The molecule has 0 saturated carbocycles. The molecule has 9 heteroatoms. The molecular weight excluding hydrogens is 402 g/mol. The molecule has 31 heavy (non-hydrogen) atoms. The SMILES string of the molecule is COc1ccc(CCN[C@@H]2c3cc(NC(C)=O)c([N+](=O)[O-])cc3OC(C)(C)[C@H]2O)cc1. The van der Waals surface area contributed by atoms with Crippen LogP contribution in [0.1, 0.15) is 37.9 Å². The summed E-state index contributed by atoms with van der Waals surface area (Å²) in [5, 5.41) is 28.3. The van der Waals surface area contributed by atoms with Crippen molar-refractivity contribution in [2.75, 3.05) is 19.0 Å². The quantitative estimate of drug-likeness (QED) is 0.457. The van der Waals surface area contributed by atoms with Crippen LogP contribution in [-0.2, 0) is 11.2 Å². The molecule has 2 aromatic carbocycles. The van der Waals surface area contributed by atoms with Gasteiger partial charge in [0.1, 0.15) is 28.9 Å². The molecule has 3 rings (SSSR count). The molecule has 2 aromatic rings. The highest BCUT2D eigenvalue weighted by Gasteiger charge is 2.43. The van der Waals surface area contributed by atoms with Crippen molar-refractivity contribution < 1.29 is 24.3 Å². The number of methoxy groups -OCH3 is 1. The molecule has 3 N–H and O–H groups in total. The summed E-state index contributed by atoms with van der Waals surface area (Å²) in [5.41, 5.74) is 0.480. The summed E-state index contributed by atoms with van der Waals surface area (Å²) in [6.07, 6.45) is -0.211. The lowest BCUT2D eigenvalue weighted by molar-refractivity contribution is -0.384. The van der Waals surface area contributed by atoms with E-state index in [0.29, 0.717) is 24.3 Å². The van der Waals surface area contributed by atoms with Gasteiger partial charge in [0, 0.05) is 12.5 Å². The molecular formula is C22H27N3O6. The molecule has 1 aliphatic heterocycles. The maximum atomic E-state index is 11.5. The summed E-state index contributed by atoms with van der Waals surface area (Å²) in [6, 6.07) is 9.97. The van der Waals surface area contributed by atoms with Crippen molar-refractivity contribution in [2.45, 2.75) is 44.9 Å². The van der Waals surface area contributed by atoms with Gasteiger partial charge in [0.25, 0.3) is 5.69 Å². The number of carbonyl (C=O) groups excluding carboxylic acids is 1. The van der Waals surface area contributed by atoms with Crippen LogP contribution in [0.25, 0.3) is 0 Å². The minimum atomic E-state index is -0.964. The Bertz CT molecular complexity index is 974. The van der Waals surface area contributed by atoms with Crippen LogP contribution in [0.2, 0.25) is 0 Å². The van der Waals surface area contributed by atoms with E-state index in [9.17, 15) is 20.0 Å². The van der Waals surface area contributed by atoms with E-state index in [1.807, 2.05) is 24.3 Å². The number of carbonyl (C=O) groups is 1. The highest BCUT2D eigenvalue weighted by atomic mass is 16.6. The fourth-order valence-electron chi connectivity index (χ4n) is 3.66. The number of ether oxygens (including phenoxy) is 2. The van der Waals surface area contributed by atoms with Crippen molar-refractivity contribution in [3.8, 4) is 11.5 Å². The highest BCUT2D eigenvalue weighted by Crippen LogP contribution is 2.44. The Morgan fingerprint density at radius 2 is 1.97 bits per heavy atom. The van der Waals surface area contributed by atoms with Crippen molar-refractivity contribution in [1.82, 2.24) is 5.32 Å². The Balaban J connectivity index is 1.88. The summed E-state index contributed by atoms with van der Waals surface area (Å²) in [5.74, 6) is 0.655. The van der Waals surface area contributed by atoms with Gasteiger partial charge < -0.3 is 25.2 Å². The van der Waals surface area contributed by atoms with E-state index >= 15 is 0 Å². The van der Waals surface area contributed by atoms with Gasteiger partial charge in [-0.05, 0) is 50.6 Å². The van der Waals surface area contributed by atoms with Gasteiger partial charge in [0.2, 0.25) is 5.91 Å². The number of aliphatic hydroxyl groups excluding tert-OH is 1. The lowest BCUT2D eigenvalue weighted by Gasteiger charge is -2.42. The standard InChI is InChI=1S/C22H27N3O6/c1-13(26)24-17-11-16-19(12-18(17)25(28)29)31-22(2,3)21(27)20(16)23-10-9-14-5-7-15(30-4)8-6-14/h5-8,11-12,20-21,23,27H,9-10H2,1-4H3,(H,24,26)/t20-,21+/m1/s1. The molecule has 0 aliphatic carbocycles. The van der Waals surface area contributed by atoms with Crippen molar-refractivity contribution in [3.63, 3.8) is 0 Å². The van der Waals surface area contributed by atoms with E-state index < -0.39 is 28.6 Å². The van der Waals surface area contributed by atoms with Crippen LogP contribution in [0.4, 0.5) is 11.4 Å². The molecule has 166 valence electrons. The molecule has 0 saturated heterocycles. The molecule has 1 heterocycles. The monoisotopic (exact) mass is 429 g/mol. The minimum Gasteiger partial charge on any atom is -0.497 e. The topological polar surface area (TPSA) is 123 Å². The van der Waals surface area contributed by atoms with Gasteiger partial charge in [0.05, 0.1) is 24.1 Å². The number of nitro benzene ring substituents is 1. The van der Waals surface area contributed by atoms with Crippen LogP contribution in [-0.4, -0.2) is 41.3 Å². The molecule has 0 bridgehead atoms. The summed E-state index contributed by atoms with van der Waals surface area (Å²) in [4.78, 5) is 22.5. The first-order chi connectivity index (χ1) is 14.6. The molecule has 0 fully saturated rings. The van der Waals surface area contributed by atoms with E-state index in [0.717, 1.165) is 11.3 Å². The third-order valence-corrected chi connectivity index (χ3v) is 5.31. The first kappa shape index (κ1) is 22.5. The highest BCUT2D eigenvalue weighted by molar-refractivity contribution is 5.91.